The van der Waals surface area contributed by atoms with Crippen molar-refractivity contribution in [1.82, 2.24) is 5.32 Å². The van der Waals surface area contributed by atoms with Crippen LogP contribution in [0.2, 0.25) is 0 Å². The molecule has 0 saturated heterocycles. The van der Waals surface area contributed by atoms with Crippen molar-refractivity contribution in [2.45, 2.75) is 45.8 Å². The highest BCUT2D eigenvalue weighted by Crippen LogP contribution is 2.31. The lowest BCUT2D eigenvalue weighted by Gasteiger charge is -2.32. The highest BCUT2D eigenvalue weighted by molar-refractivity contribution is 5.38. The molecule has 0 aromatic heterocycles. The van der Waals surface area contributed by atoms with Crippen LogP contribution >= 0.6 is 0 Å². The van der Waals surface area contributed by atoms with Gasteiger partial charge in [-0.3, -0.25) is 0 Å². The maximum absolute atomic E-state index is 9.57. The summed E-state index contributed by atoms with van der Waals surface area (Å²) in [5.41, 5.74) is 3.33. The summed E-state index contributed by atoms with van der Waals surface area (Å²) >= 11 is 0. The number of fused-ring (bicyclic) bond motifs is 1. The number of hydrogen-bond donors (Lipinski definition) is 2. The number of nitrogens with one attached hydrogen (secondary N) is 1. The van der Waals surface area contributed by atoms with Gasteiger partial charge in [0.25, 0.3) is 0 Å². The summed E-state index contributed by atoms with van der Waals surface area (Å²) in [7, 11) is 0. The molecule has 0 unspecified atom stereocenters. The van der Waals surface area contributed by atoms with Crippen molar-refractivity contribution in [2.24, 2.45) is 0 Å². The summed E-state index contributed by atoms with van der Waals surface area (Å²) < 4.78 is 11.5. The second-order valence-corrected chi connectivity index (χ2v) is 6.43. The second kappa shape index (κ2) is 6.22. The predicted molar refractivity (Wildman–Crippen MR) is 89.3 cm³/mol. The highest BCUT2D eigenvalue weighted by Gasteiger charge is 2.27. The summed E-state index contributed by atoms with van der Waals surface area (Å²) in [6.07, 6.45) is 0. The van der Waals surface area contributed by atoms with E-state index in [-0.39, 0.29) is 6.04 Å². The number of hydrogen-bond acceptors (Lipinski definition) is 4. The Hall–Kier alpha value is -2.04. The molecule has 1 atom stereocenters. The van der Waals surface area contributed by atoms with Crippen LogP contribution in [0.5, 0.6) is 11.5 Å². The predicted octanol–water partition coefficient (Wildman–Crippen LogP) is 3.89. The maximum Gasteiger partial charge on any atom is 0.205 e. The number of ether oxygens (including phenoxy) is 2. The lowest BCUT2D eigenvalue weighted by molar-refractivity contribution is -0.180. The minimum atomic E-state index is -0.559. The van der Waals surface area contributed by atoms with E-state index in [9.17, 15) is 5.11 Å². The van der Waals surface area contributed by atoms with E-state index in [1.807, 2.05) is 32.0 Å². The highest BCUT2D eigenvalue weighted by atomic mass is 16.7. The molecular weight excluding hydrogens is 290 g/mol. The molecule has 2 aromatic rings. The van der Waals surface area contributed by atoms with Crippen LogP contribution in [0, 0.1) is 0 Å². The molecule has 2 N–H and O–H groups in total. The molecule has 4 nitrogen and oxygen atoms in total. The topological polar surface area (TPSA) is 50.7 Å². The summed E-state index contributed by atoms with van der Waals surface area (Å²) in [4.78, 5) is 0. The van der Waals surface area contributed by atoms with Crippen molar-refractivity contribution in [2.75, 3.05) is 0 Å². The van der Waals surface area contributed by atoms with E-state index in [0.717, 1.165) is 23.4 Å². The minimum Gasteiger partial charge on any atom is -0.508 e. The standard InChI is InChI=1S/C19H23NO3/c1-13(15-5-4-6-17(21)10-15)20-11-14-7-8-18-16(9-14)12-22-19(2,3)23-18/h4-10,13,20-21H,11-12H2,1-3H3/t13-/m1/s1. The van der Waals surface area contributed by atoms with Gasteiger partial charge in [-0.15, -0.1) is 0 Å². The third-order valence-electron chi connectivity index (χ3n) is 4.04. The van der Waals surface area contributed by atoms with Gasteiger partial charge in [0.2, 0.25) is 5.79 Å². The van der Waals surface area contributed by atoms with Gasteiger partial charge in [0.15, 0.2) is 0 Å². The zero-order valence-electron chi connectivity index (χ0n) is 13.8. The van der Waals surface area contributed by atoms with Crippen molar-refractivity contribution in [3.63, 3.8) is 0 Å². The Morgan fingerprint density at radius 2 is 2.04 bits per heavy atom. The van der Waals surface area contributed by atoms with Crippen molar-refractivity contribution in [3.8, 4) is 11.5 Å². The summed E-state index contributed by atoms with van der Waals surface area (Å²) in [5.74, 6) is 0.629. The fraction of sp³-hybridized carbons (Fsp3) is 0.368. The van der Waals surface area contributed by atoms with Gasteiger partial charge in [-0.2, -0.15) is 0 Å². The first kappa shape index (κ1) is 15.8. The van der Waals surface area contributed by atoms with Crippen LogP contribution in [0.4, 0.5) is 0 Å². The molecule has 1 aliphatic heterocycles. The summed E-state index contributed by atoms with van der Waals surface area (Å²) in [6.45, 7) is 7.23. The van der Waals surface area contributed by atoms with Gasteiger partial charge in [-0.25, -0.2) is 0 Å². The maximum atomic E-state index is 9.57. The second-order valence-electron chi connectivity index (χ2n) is 6.43. The minimum absolute atomic E-state index is 0.157. The number of phenols is 1. The van der Waals surface area contributed by atoms with E-state index in [1.54, 1.807) is 12.1 Å². The van der Waals surface area contributed by atoms with Crippen LogP contribution in [0.1, 0.15) is 43.5 Å². The van der Waals surface area contributed by atoms with Gasteiger partial charge in [-0.1, -0.05) is 18.2 Å². The number of benzene rings is 2. The quantitative estimate of drug-likeness (QED) is 0.899. The third kappa shape index (κ3) is 3.84. The first-order valence-electron chi connectivity index (χ1n) is 7.90. The molecule has 3 rings (SSSR count). The van der Waals surface area contributed by atoms with Gasteiger partial charge in [0, 0.05) is 32.0 Å². The van der Waals surface area contributed by atoms with Crippen LogP contribution in [0.15, 0.2) is 42.5 Å². The SMILES string of the molecule is C[C@@H](NCc1ccc2c(c1)COC(C)(C)O2)c1cccc(O)c1. The van der Waals surface area contributed by atoms with Crippen LogP contribution in [-0.4, -0.2) is 10.9 Å². The number of aromatic hydroxyl groups is 1. The van der Waals surface area contributed by atoms with Gasteiger partial charge in [0.1, 0.15) is 11.5 Å². The smallest absolute Gasteiger partial charge is 0.205 e. The van der Waals surface area contributed by atoms with E-state index in [4.69, 9.17) is 9.47 Å². The van der Waals surface area contributed by atoms with Gasteiger partial charge < -0.3 is 19.9 Å². The molecule has 122 valence electrons. The molecule has 1 aliphatic rings. The molecule has 0 aliphatic carbocycles. The zero-order chi connectivity index (χ0) is 16.4. The van der Waals surface area contributed by atoms with E-state index >= 15 is 0 Å². The van der Waals surface area contributed by atoms with Crippen molar-refractivity contribution < 1.29 is 14.6 Å². The summed E-state index contributed by atoms with van der Waals surface area (Å²) in [6, 6.07) is 13.7. The average Bonchev–Trinajstić information content (AvgIpc) is 2.52. The third-order valence-corrected chi connectivity index (χ3v) is 4.04. The fourth-order valence-electron chi connectivity index (χ4n) is 2.68. The van der Waals surface area contributed by atoms with Crippen molar-refractivity contribution >= 4 is 0 Å². The van der Waals surface area contributed by atoms with E-state index in [0.29, 0.717) is 12.4 Å². The normalized spacial score (nSPS) is 17.2. The molecule has 0 amide bonds. The van der Waals surface area contributed by atoms with Crippen molar-refractivity contribution in [3.05, 3.63) is 59.2 Å². The molecule has 2 aromatic carbocycles. The Balaban J connectivity index is 1.65. The monoisotopic (exact) mass is 313 g/mol. The Bertz CT molecular complexity index is 697. The van der Waals surface area contributed by atoms with Gasteiger partial charge in [0.05, 0.1) is 6.61 Å². The number of rotatable bonds is 4. The Labute approximate surface area is 137 Å². The fourth-order valence-corrected chi connectivity index (χ4v) is 2.68. The van der Waals surface area contributed by atoms with E-state index in [2.05, 4.69) is 24.4 Å². The van der Waals surface area contributed by atoms with E-state index in [1.165, 1.54) is 5.56 Å². The molecule has 0 spiro atoms. The van der Waals surface area contributed by atoms with Gasteiger partial charge in [-0.05, 0) is 42.3 Å². The van der Waals surface area contributed by atoms with Crippen molar-refractivity contribution in [1.29, 1.82) is 0 Å². The molecule has 0 saturated carbocycles. The molecule has 4 heteroatoms. The lowest BCUT2D eigenvalue weighted by Crippen LogP contribution is -2.35. The van der Waals surface area contributed by atoms with Crippen LogP contribution in [0.25, 0.3) is 0 Å². The Kier molecular flexibility index (Phi) is 4.28. The summed E-state index contributed by atoms with van der Waals surface area (Å²) in [5, 5.41) is 13.0. The molecule has 0 bridgehead atoms. The van der Waals surface area contributed by atoms with E-state index < -0.39 is 5.79 Å². The molecule has 23 heavy (non-hydrogen) atoms. The van der Waals surface area contributed by atoms with Crippen LogP contribution < -0.4 is 10.1 Å². The molecule has 0 fully saturated rings. The average molecular weight is 313 g/mol. The zero-order valence-corrected chi connectivity index (χ0v) is 13.8. The number of phenolic OH excluding ortho intramolecular Hbond substituents is 1. The van der Waals surface area contributed by atoms with Crippen LogP contribution in [0.3, 0.4) is 0 Å². The molecular formula is C19H23NO3. The molecule has 1 heterocycles. The van der Waals surface area contributed by atoms with Gasteiger partial charge >= 0.3 is 0 Å². The largest absolute Gasteiger partial charge is 0.508 e. The lowest BCUT2D eigenvalue weighted by atomic mass is 10.1. The molecule has 0 radical (unpaired) electrons. The Morgan fingerprint density at radius 1 is 1.22 bits per heavy atom. The van der Waals surface area contributed by atoms with Crippen LogP contribution in [-0.2, 0) is 17.9 Å². The Morgan fingerprint density at radius 3 is 2.83 bits per heavy atom. The first-order chi connectivity index (χ1) is 10.9. The first-order valence-corrected chi connectivity index (χ1v) is 7.90.